The van der Waals surface area contributed by atoms with E-state index in [2.05, 4.69) is 45.6 Å². The molecule has 2 aliphatic rings. The molecule has 5 nitrogen and oxygen atoms in total. The van der Waals surface area contributed by atoms with Gasteiger partial charge in [0.2, 0.25) is 0 Å². The molecule has 1 saturated carbocycles. The molecule has 1 aromatic heterocycles. The summed E-state index contributed by atoms with van der Waals surface area (Å²) in [5.41, 5.74) is 1.92. The van der Waals surface area contributed by atoms with Gasteiger partial charge < -0.3 is 10.2 Å². The van der Waals surface area contributed by atoms with Gasteiger partial charge in [0.25, 0.3) is 5.91 Å². The zero-order valence-corrected chi connectivity index (χ0v) is 17.4. The number of likely N-dealkylation sites (tertiary alicyclic amines) is 1. The second-order valence-corrected chi connectivity index (χ2v) is 8.59. The van der Waals surface area contributed by atoms with Crippen molar-refractivity contribution in [1.29, 1.82) is 0 Å². The Balaban J connectivity index is 1.35. The van der Waals surface area contributed by atoms with Crippen molar-refractivity contribution in [3.63, 3.8) is 0 Å². The van der Waals surface area contributed by atoms with Crippen LogP contribution in [0.15, 0.2) is 36.4 Å². The number of anilines is 1. The van der Waals surface area contributed by atoms with Crippen LogP contribution in [-0.2, 0) is 6.42 Å². The highest BCUT2D eigenvalue weighted by atomic mass is 16.2. The molecule has 154 valence electrons. The van der Waals surface area contributed by atoms with E-state index in [1.54, 1.807) is 0 Å². The molecule has 1 N–H and O–H groups in total. The van der Waals surface area contributed by atoms with Gasteiger partial charge in [-0.05, 0) is 50.5 Å². The van der Waals surface area contributed by atoms with Crippen LogP contribution < -0.4 is 5.32 Å². The van der Waals surface area contributed by atoms with Crippen LogP contribution in [0.2, 0.25) is 0 Å². The van der Waals surface area contributed by atoms with Crippen LogP contribution in [0, 0.1) is 12.8 Å². The normalized spacial score (nSPS) is 18.6. The van der Waals surface area contributed by atoms with Gasteiger partial charge in [-0.15, -0.1) is 0 Å². The summed E-state index contributed by atoms with van der Waals surface area (Å²) in [5.74, 6) is 2.15. The summed E-state index contributed by atoms with van der Waals surface area (Å²) >= 11 is 0. The number of nitrogens with one attached hydrogen (secondary N) is 1. The first-order valence-corrected chi connectivity index (χ1v) is 11.1. The summed E-state index contributed by atoms with van der Waals surface area (Å²) in [6.07, 6.45) is 9.44. The molecule has 5 heteroatoms. The van der Waals surface area contributed by atoms with Gasteiger partial charge in [-0.1, -0.05) is 49.6 Å². The fourth-order valence-corrected chi connectivity index (χ4v) is 4.66. The third-order valence-corrected chi connectivity index (χ3v) is 6.28. The average Bonchev–Trinajstić information content (AvgIpc) is 2.75. The molecule has 4 rings (SSSR count). The number of carbonyl (C=O) groups is 1. The number of nitrogens with zero attached hydrogens (tertiary/aromatic N) is 3. The number of rotatable bonds is 5. The fourth-order valence-electron chi connectivity index (χ4n) is 4.66. The van der Waals surface area contributed by atoms with Crippen molar-refractivity contribution in [3.05, 3.63) is 53.5 Å². The molecule has 1 saturated heterocycles. The predicted molar refractivity (Wildman–Crippen MR) is 116 cm³/mol. The zero-order chi connectivity index (χ0) is 20.1. The largest absolute Gasteiger partial charge is 0.367 e. The average molecular weight is 393 g/mol. The van der Waals surface area contributed by atoms with E-state index in [0.717, 1.165) is 38.2 Å². The summed E-state index contributed by atoms with van der Waals surface area (Å²) in [4.78, 5) is 24.0. The Kier molecular flexibility index (Phi) is 6.43. The zero-order valence-electron chi connectivity index (χ0n) is 17.4. The minimum absolute atomic E-state index is 0.0420. The van der Waals surface area contributed by atoms with E-state index < -0.39 is 0 Å². The van der Waals surface area contributed by atoms with Gasteiger partial charge in [0.15, 0.2) is 0 Å². The quantitative estimate of drug-likeness (QED) is 0.806. The Hall–Kier alpha value is -2.43. The molecule has 1 aliphatic carbocycles. The summed E-state index contributed by atoms with van der Waals surface area (Å²) in [6, 6.07) is 13.0. The Morgan fingerprint density at radius 1 is 1.03 bits per heavy atom. The second kappa shape index (κ2) is 9.38. The number of carbonyl (C=O) groups excluding carboxylic acids is 1. The monoisotopic (exact) mass is 392 g/mol. The molecule has 0 bridgehead atoms. The highest BCUT2D eigenvalue weighted by molar-refractivity contribution is 5.93. The molecule has 2 fully saturated rings. The van der Waals surface area contributed by atoms with Crippen molar-refractivity contribution in [1.82, 2.24) is 14.9 Å². The number of piperidine rings is 1. The number of aromatic nitrogens is 2. The molecule has 1 amide bonds. The minimum atomic E-state index is 0.0420. The maximum Gasteiger partial charge on any atom is 0.272 e. The third kappa shape index (κ3) is 5.34. The van der Waals surface area contributed by atoms with Crippen LogP contribution >= 0.6 is 0 Å². The maximum absolute atomic E-state index is 13.1. The third-order valence-electron chi connectivity index (χ3n) is 6.28. The van der Waals surface area contributed by atoms with Crippen LogP contribution in [0.1, 0.15) is 66.8 Å². The van der Waals surface area contributed by atoms with Crippen LogP contribution in [0.25, 0.3) is 0 Å². The molecule has 0 spiro atoms. The molecule has 2 heterocycles. The van der Waals surface area contributed by atoms with Gasteiger partial charge in [0.05, 0.1) is 0 Å². The van der Waals surface area contributed by atoms with Gasteiger partial charge in [0, 0.05) is 25.2 Å². The van der Waals surface area contributed by atoms with Crippen molar-refractivity contribution >= 4 is 11.7 Å². The highest BCUT2D eigenvalue weighted by Gasteiger charge is 2.25. The van der Waals surface area contributed by atoms with Gasteiger partial charge >= 0.3 is 0 Å². The summed E-state index contributed by atoms with van der Waals surface area (Å²) in [5, 5.41) is 3.53. The van der Waals surface area contributed by atoms with E-state index in [1.165, 1.54) is 37.7 Å². The lowest BCUT2D eigenvalue weighted by Crippen LogP contribution is -2.39. The Morgan fingerprint density at radius 3 is 2.48 bits per heavy atom. The van der Waals surface area contributed by atoms with Crippen molar-refractivity contribution in [2.45, 2.75) is 64.3 Å². The van der Waals surface area contributed by atoms with E-state index in [9.17, 15) is 4.79 Å². The molecular weight excluding hydrogens is 360 g/mol. The molecule has 1 aromatic carbocycles. The molecule has 0 unspecified atom stereocenters. The lowest BCUT2D eigenvalue weighted by Gasteiger charge is -2.32. The highest BCUT2D eigenvalue weighted by Crippen LogP contribution is 2.24. The fraction of sp³-hybridized carbons (Fsp3) is 0.542. The Bertz CT molecular complexity index is 809. The first-order chi connectivity index (χ1) is 14.2. The van der Waals surface area contributed by atoms with E-state index in [-0.39, 0.29) is 5.91 Å². The Labute approximate surface area is 173 Å². The molecule has 0 radical (unpaired) electrons. The number of benzene rings is 1. The molecular formula is C24H32N4O. The van der Waals surface area contributed by atoms with E-state index in [4.69, 9.17) is 0 Å². The summed E-state index contributed by atoms with van der Waals surface area (Å²) in [7, 11) is 0. The van der Waals surface area contributed by atoms with Crippen molar-refractivity contribution < 1.29 is 4.79 Å². The molecule has 0 atom stereocenters. The van der Waals surface area contributed by atoms with E-state index >= 15 is 0 Å². The lowest BCUT2D eigenvalue weighted by molar-refractivity contribution is 0.0684. The minimum Gasteiger partial charge on any atom is -0.367 e. The van der Waals surface area contributed by atoms with Crippen LogP contribution in [0.4, 0.5) is 5.82 Å². The van der Waals surface area contributed by atoms with Crippen molar-refractivity contribution in [3.8, 4) is 0 Å². The van der Waals surface area contributed by atoms with Crippen molar-refractivity contribution in [2.24, 2.45) is 5.92 Å². The van der Waals surface area contributed by atoms with Gasteiger partial charge in [-0.3, -0.25) is 4.79 Å². The van der Waals surface area contributed by atoms with Crippen LogP contribution in [0.3, 0.4) is 0 Å². The SMILES string of the molecule is Cc1nc(NC2CCCCC2)cc(C(=O)N2CCC(Cc3ccccc3)CC2)n1. The topological polar surface area (TPSA) is 58.1 Å². The predicted octanol–water partition coefficient (Wildman–Crippen LogP) is 4.62. The smallest absolute Gasteiger partial charge is 0.272 e. The number of hydrogen-bond acceptors (Lipinski definition) is 4. The first-order valence-electron chi connectivity index (χ1n) is 11.1. The maximum atomic E-state index is 13.1. The molecule has 2 aromatic rings. The number of hydrogen-bond donors (Lipinski definition) is 1. The summed E-state index contributed by atoms with van der Waals surface area (Å²) in [6.45, 7) is 3.49. The lowest BCUT2D eigenvalue weighted by atomic mass is 9.90. The van der Waals surface area contributed by atoms with Gasteiger partial charge in [0.1, 0.15) is 17.3 Å². The first kappa shape index (κ1) is 19.9. The van der Waals surface area contributed by atoms with Gasteiger partial charge in [-0.2, -0.15) is 0 Å². The van der Waals surface area contributed by atoms with Gasteiger partial charge in [-0.25, -0.2) is 9.97 Å². The van der Waals surface area contributed by atoms with Crippen molar-refractivity contribution in [2.75, 3.05) is 18.4 Å². The van der Waals surface area contributed by atoms with Crippen LogP contribution in [-0.4, -0.2) is 39.9 Å². The van der Waals surface area contributed by atoms with E-state index in [1.807, 2.05) is 17.9 Å². The van der Waals surface area contributed by atoms with Crippen LogP contribution in [0.5, 0.6) is 0 Å². The molecule has 29 heavy (non-hydrogen) atoms. The summed E-state index contributed by atoms with van der Waals surface area (Å²) < 4.78 is 0. The Morgan fingerprint density at radius 2 is 1.76 bits per heavy atom. The standard InChI is InChI=1S/C24H32N4O/c1-18-25-22(17-23(26-18)27-21-10-6-3-7-11-21)24(29)28-14-12-20(13-15-28)16-19-8-4-2-5-9-19/h2,4-5,8-9,17,20-21H,3,6-7,10-16H2,1H3,(H,25,26,27). The number of amides is 1. The van der Waals surface area contributed by atoms with E-state index in [0.29, 0.717) is 23.5 Å². The second-order valence-electron chi connectivity index (χ2n) is 8.59. The molecule has 1 aliphatic heterocycles. The number of aryl methyl sites for hydroxylation is 1.